The number of carbonyl (C=O) groups is 5. The summed E-state index contributed by atoms with van der Waals surface area (Å²) in [5.74, 6) is -7.95. The number of carboxylic acid groups (broad SMARTS) is 1. The van der Waals surface area contributed by atoms with Crippen LogP contribution < -0.4 is 4.90 Å². The molecular formula is C28H22Cl2N2O8. The highest BCUT2D eigenvalue weighted by Gasteiger charge is 2.75. The first-order valence-electron chi connectivity index (χ1n) is 12.5. The first-order valence-corrected chi connectivity index (χ1v) is 13.2. The lowest BCUT2D eigenvalue weighted by molar-refractivity contribution is -0.138. The first kappa shape index (κ1) is 26.3. The third-order valence-electron chi connectivity index (χ3n) is 8.71. The number of phenolic OH excluding ortho intramolecular Hbond substituents is 1. The summed E-state index contributed by atoms with van der Waals surface area (Å²) in [7, 11) is 1.30. The van der Waals surface area contributed by atoms with Crippen LogP contribution in [0.3, 0.4) is 0 Å². The number of aromatic hydroxyl groups is 2. The average Bonchev–Trinajstić information content (AvgIpc) is 3.24. The summed E-state index contributed by atoms with van der Waals surface area (Å²) in [6.45, 7) is 0. The van der Waals surface area contributed by atoms with Crippen molar-refractivity contribution in [3.63, 3.8) is 0 Å². The summed E-state index contributed by atoms with van der Waals surface area (Å²) in [4.78, 5) is 63.7. The molecule has 3 fully saturated rings. The molecule has 12 heteroatoms. The average molecular weight is 585 g/mol. The predicted molar refractivity (Wildman–Crippen MR) is 141 cm³/mol. The van der Waals surface area contributed by atoms with Crippen molar-refractivity contribution in [3.05, 3.63) is 65.2 Å². The third kappa shape index (κ3) is 3.20. The molecule has 2 aliphatic carbocycles. The van der Waals surface area contributed by atoms with Crippen molar-refractivity contribution in [1.82, 2.24) is 4.90 Å². The van der Waals surface area contributed by atoms with Gasteiger partial charge < -0.3 is 15.3 Å². The number of hydrogen-bond donors (Lipinski definition) is 3. The minimum Gasteiger partial charge on any atom is -0.508 e. The normalized spacial score (nSPS) is 33.0. The maximum absolute atomic E-state index is 13.9. The predicted octanol–water partition coefficient (Wildman–Crippen LogP) is 2.99. The number of benzene rings is 2. The zero-order valence-corrected chi connectivity index (χ0v) is 22.4. The Kier molecular flexibility index (Phi) is 5.63. The minimum atomic E-state index is -1.93. The number of hydrogen-bond acceptors (Lipinski definition) is 7. The Morgan fingerprint density at radius 2 is 1.62 bits per heavy atom. The van der Waals surface area contributed by atoms with E-state index < -0.39 is 68.8 Å². The van der Waals surface area contributed by atoms with Crippen molar-refractivity contribution in [2.45, 2.75) is 28.5 Å². The molecule has 2 saturated heterocycles. The number of amides is 4. The standard InChI is InChI=1S/C28H22Cl2N2O8/c1-31-25(39)27(29)11-18-15(21(28(27,30)26(31)40)12-2-5-14(33)6-3-12)8-9-17-20(18)23(36)32(22(17)35)13-4-7-16(24(37)38)19(34)10-13/h2-8,10,17-18,20-21,33-34H,9,11H2,1H3,(H,37,38)/t17-,18+,20-,21-,27+,28-/m0/s1. The fourth-order valence-corrected chi connectivity index (χ4v) is 7.90. The van der Waals surface area contributed by atoms with Gasteiger partial charge in [0.25, 0.3) is 11.8 Å². The fraction of sp³-hybridized carbons (Fsp3) is 0.321. The molecule has 40 heavy (non-hydrogen) atoms. The van der Waals surface area contributed by atoms with Gasteiger partial charge in [0, 0.05) is 19.0 Å². The lowest BCUT2D eigenvalue weighted by Crippen LogP contribution is -2.60. The molecule has 3 N–H and O–H groups in total. The Morgan fingerprint density at radius 1 is 0.950 bits per heavy atom. The van der Waals surface area contributed by atoms with Gasteiger partial charge in [-0.3, -0.25) is 24.1 Å². The molecule has 0 bridgehead atoms. The number of phenols is 2. The zero-order chi connectivity index (χ0) is 28.9. The van der Waals surface area contributed by atoms with E-state index in [0.29, 0.717) is 11.1 Å². The number of likely N-dealkylation sites (tertiary alicyclic amines) is 1. The van der Waals surface area contributed by atoms with Gasteiger partial charge in [-0.05, 0) is 48.6 Å². The van der Waals surface area contributed by atoms with Crippen LogP contribution in [0.2, 0.25) is 0 Å². The summed E-state index contributed by atoms with van der Waals surface area (Å²) in [6.07, 6.45) is 1.75. The number of rotatable bonds is 3. The van der Waals surface area contributed by atoms with Crippen LogP contribution in [0.4, 0.5) is 5.69 Å². The fourth-order valence-electron chi connectivity index (χ4n) is 6.88. The highest BCUT2D eigenvalue weighted by Crippen LogP contribution is 2.65. The summed E-state index contributed by atoms with van der Waals surface area (Å²) < 4.78 is 0. The van der Waals surface area contributed by atoms with Gasteiger partial charge in [0.2, 0.25) is 11.8 Å². The molecule has 4 amide bonds. The summed E-state index contributed by atoms with van der Waals surface area (Å²) in [5, 5.41) is 29.3. The van der Waals surface area contributed by atoms with Gasteiger partial charge in [0.05, 0.1) is 17.5 Å². The van der Waals surface area contributed by atoms with Crippen LogP contribution in [0.15, 0.2) is 54.1 Å². The molecule has 0 radical (unpaired) electrons. The Hall–Kier alpha value is -3.89. The topological polar surface area (TPSA) is 153 Å². The van der Waals surface area contributed by atoms with Crippen LogP contribution in [-0.2, 0) is 19.2 Å². The van der Waals surface area contributed by atoms with Crippen molar-refractivity contribution < 1.29 is 39.3 Å². The monoisotopic (exact) mass is 584 g/mol. The van der Waals surface area contributed by atoms with E-state index in [0.717, 1.165) is 21.9 Å². The molecule has 2 aromatic carbocycles. The number of halogens is 2. The molecule has 1 saturated carbocycles. The lowest BCUT2D eigenvalue weighted by Gasteiger charge is -2.50. The number of carbonyl (C=O) groups excluding carboxylic acids is 4. The van der Waals surface area contributed by atoms with Crippen LogP contribution in [-0.4, -0.2) is 66.6 Å². The second kappa shape index (κ2) is 8.55. The Labute approximate surface area is 237 Å². The van der Waals surface area contributed by atoms with E-state index in [9.17, 15) is 39.3 Å². The van der Waals surface area contributed by atoms with Crippen molar-refractivity contribution >= 4 is 58.5 Å². The Bertz CT molecular complexity index is 1570. The molecule has 6 rings (SSSR count). The number of fused-ring (bicyclic) bond motifs is 4. The van der Waals surface area contributed by atoms with E-state index in [1.807, 2.05) is 0 Å². The van der Waals surface area contributed by atoms with Crippen LogP contribution >= 0.6 is 23.2 Å². The number of alkyl halides is 2. The molecule has 6 atom stereocenters. The SMILES string of the molecule is CN1C(=O)[C@]2(Cl)C[C@@H]3C(=CC[C@@H]4C(=O)N(c5ccc(C(=O)O)c(O)c5)C(=O)[C@@H]43)[C@H](c3ccc(O)cc3)[C@]2(Cl)C1=O. The van der Waals surface area contributed by atoms with Gasteiger partial charge in [0.15, 0.2) is 9.75 Å². The number of imide groups is 2. The van der Waals surface area contributed by atoms with E-state index in [-0.39, 0.29) is 29.8 Å². The lowest BCUT2D eigenvalue weighted by atomic mass is 9.56. The first-order chi connectivity index (χ1) is 18.8. The van der Waals surface area contributed by atoms with Gasteiger partial charge in [-0.25, -0.2) is 9.69 Å². The van der Waals surface area contributed by atoms with E-state index in [4.69, 9.17) is 23.2 Å². The molecule has 2 aliphatic heterocycles. The van der Waals surface area contributed by atoms with E-state index in [2.05, 4.69) is 0 Å². The molecule has 0 aromatic heterocycles. The quantitative estimate of drug-likeness (QED) is 0.283. The molecule has 4 aliphatic rings. The van der Waals surface area contributed by atoms with E-state index in [1.165, 1.54) is 25.2 Å². The summed E-state index contributed by atoms with van der Waals surface area (Å²) in [6, 6.07) is 9.42. The molecule has 206 valence electrons. The van der Waals surface area contributed by atoms with Crippen molar-refractivity contribution in [3.8, 4) is 11.5 Å². The maximum atomic E-state index is 13.9. The minimum absolute atomic E-state index is 0.0125. The largest absolute Gasteiger partial charge is 0.508 e. The molecule has 0 unspecified atom stereocenters. The van der Waals surface area contributed by atoms with E-state index >= 15 is 0 Å². The van der Waals surface area contributed by atoms with Crippen molar-refractivity contribution in [1.29, 1.82) is 0 Å². The molecule has 0 spiro atoms. The van der Waals surface area contributed by atoms with Crippen LogP contribution in [0.5, 0.6) is 11.5 Å². The second-order valence-electron chi connectivity index (χ2n) is 10.6. The van der Waals surface area contributed by atoms with Gasteiger partial charge in [-0.15, -0.1) is 23.2 Å². The molecule has 10 nitrogen and oxygen atoms in total. The van der Waals surface area contributed by atoms with E-state index in [1.54, 1.807) is 18.2 Å². The molecule has 2 aromatic rings. The summed E-state index contributed by atoms with van der Waals surface area (Å²) in [5.41, 5.74) is 0.732. The zero-order valence-electron chi connectivity index (χ0n) is 20.9. The molecular weight excluding hydrogens is 563 g/mol. The van der Waals surface area contributed by atoms with Crippen molar-refractivity contribution in [2.24, 2.45) is 17.8 Å². The third-order valence-corrected chi connectivity index (χ3v) is 10.1. The number of carboxylic acids is 1. The molecule has 2 heterocycles. The number of aromatic carboxylic acids is 1. The second-order valence-corrected chi connectivity index (χ2v) is 11.8. The van der Waals surface area contributed by atoms with Gasteiger partial charge >= 0.3 is 5.97 Å². The van der Waals surface area contributed by atoms with Gasteiger partial charge in [-0.1, -0.05) is 23.8 Å². The van der Waals surface area contributed by atoms with Crippen LogP contribution in [0, 0.1) is 17.8 Å². The number of allylic oxidation sites excluding steroid dienone is 2. The van der Waals surface area contributed by atoms with Crippen LogP contribution in [0.1, 0.15) is 34.7 Å². The maximum Gasteiger partial charge on any atom is 0.339 e. The number of anilines is 1. The van der Waals surface area contributed by atoms with Gasteiger partial charge in [-0.2, -0.15) is 0 Å². The Balaban J connectivity index is 1.48. The highest BCUT2D eigenvalue weighted by atomic mass is 35.5. The van der Waals surface area contributed by atoms with Crippen LogP contribution in [0.25, 0.3) is 0 Å². The number of nitrogens with zero attached hydrogens (tertiary/aromatic N) is 2. The Morgan fingerprint density at radius 3 is 2.25 bits per heavy atom. The van der Waals surface area contributed by atoms with Gasteiger partial charge in [0.1, 0.15) is 17.1 Å². The smallest absolute Gasteiger partial charge is 0.339 e. The summed E-state index contributed by atoms with van der Waals surface area (Å²) >= 11 is 14.1. The highest BCUT2D eigenvalue weighted by molar-refractivity contribution is 6.53. The van der Waals surface area contributed by atoms with Crippen molar-refractivity contribution in [2.75, 3.05) is 11.9 Å².